The second-order valence-electron chi connectivity index (χ2n) is 4.64. The Kier molecular flexibility index (Phi) is 4.25. The van der Waals surface area contributed by atoms with E-state index in [0.29, 0.717) is 28.1 Å². The van der Waals surface area contributed by atoms with Crippen molar-refractivity contribution >= 4 is 17.6 Å². The minimum atomic E-state index is -1.03. The van der Waals surface area contributed by atoms with Gasteiger partial charge < -0.3 is 14.4 Å². The van der Waals surface area contributed by atoms with E-state index in [2.05, 4.69) is 10.1 Å². The number of ether oxygens (including phenoxy) is 1. The topological polar surface area (TPSA) is 85.5 Å². The van der Waals surface area contributed by atoms with Gasteiger partial charge in [0.15, 0.2) is 6.61 Å². The molecule has 6 nitrogen and oxygen atoms in total. The lowest BCUT2D eigenvalue weighted by Crippen LogP contribution is -2.09. The molecule has 0 saturated heterocycles. The second-order valence-corrected chi connectivity index (χ2v) is 5.07. The van der Waals surface area contributed by atoms with Crippen LogP contribution in [0.5, 0.6) is 5.75 Å². The number of benzene rings is 2. The van der Waals surface area contributed by atoms with Gasteiger partial charge in [-0.15, -0.1) is 0 Å². The van der Waals surface area contributed by atoms with Crippen molar-refractivity contribution in [3.8, 4) is 28.6 Å². The third-order valence-corrected chi connectivity index (χ3v) is 3.24. The second kappa shape index (κ2) is 6.50. The molecule has 0 spiro atoms. The quantitative estimate of drug-likeness (QED) is 0.770. The van der Waals surface area contributed by atoms with Crippen LogP contribution in [-0.2, 0) is 4.79 Å². The van der Waals surface area contributed by atoms with Crippen LogP contribution in [0.25, 0.3) is 22.8 Å². The molecular formula is C16H11ClN2O4. The molecule has 7 heteroatoms. The fourth-order valence-electron chi connectivity index (χ4n) is 1.90. The van der Waals surface area contributed by atoms with Crippen molar-refractivity contribution in [2.45, 2.75) is 0 Å². The summed E-state index contributed by atoms with van der Waals surface area (Å²) in [5.41, 5.74) is 1.51. The van der Waals surface area contributed by atoms with Crippen LogP contribution in [0, 0.1) is 0 Å². The predicted octanol–water partition coefficient (Wildman–Crippen LogP) is 3.52. The highest BCUT2D eigenvalue weighted by Crippen LogP contribution is 2.24. The van der Waals surface area contributed by atoms with Gasteiger partial charge in [0, 0.05) is 16.1 Å². The standard InChI is InChI=1S/C16H11ClN2O4/c17-12-5-1-10(2-6-12)15-18-16(23-19-15)11-3-7-13(8-4-11)22-9-14(20)21/h1-8H,9H2,(H,20,21). The first-order valence-electron chi connectivity index (χ1n) is 6.66. The Morgan fingerprint density at radius 1 is 1.09 bits per heavy atom. The Morgan fingerprint density at radius 2 is 1.74 bits per heavy atom. The molecule has 23 heavy (non-hydrogen) atoms. The van der Waals surface area contributed by atoms with Crippen LogP contribution in [0.15, 0.2) is 53.1 Å². The van der Waals surface area contributed by atoms with Gasteiger partial charge in [-0.05, 0) is 48.5 Å². The summed E-state index contributed by atoms with van der Waals surface area (Å²) in [5.74, 6) is 0.245. The number of halogens is 1. The maximum atomic E-state index is 10.5. The molecule has 0 radical (unpaired) electrons. The summed E-state index contributed by atoms with van der Waals surface area (Å²) in [5, 5.41) is 13.1. The molecule has 0 atom stereocenters. The van der Waals surface area contributed by atoms with Gasteiger partial charge in [0.1, 0.15) is 5.75 Å². The van der Waals surface area contributed by atoms with E-state index in [4.69, 9.17) is 26.0 Å². The van der Waals surface area contributed by atoms with Gasteiger partial charge in [0.2, 0.25) is 5.82 Å². The van der Waals surface area contributed by atoms with Gasteiger partial charge >= 0.3 is 5.97 Å². The van der Waals surface area contributed by atoms with E-state index >= 15 is 0 Å². The first kappa shape index (κ1) is 15.1. The van der Waals surface area contributed by atoms with E-state index in [9.17, 15) is 4.79 Å². The molecule has 3 aromatic rings. The molecule has 0 saturated carbocycles. The Morgan fingerprint density at radius 3 is 2.39 bits per heavy atom. The summed E-state index contributed by atoms with van der Waals surface area (Å²) < 4.78 is 10.3. The highest BCUT2D eigenvalue weighted by molar-refractivity contribution is 6.30. The van der Waals surface area contributed by atoms with Gasteiger partial charge in [-0.1, -0.05) is 16.8 Å². The third-order valence-electron chi connectivity index (χ3n) is 2.99. The van der Waals surface area contributed by atoms with Gasteiger partial charge in [-0.3, -0.25) is 0 Å². The van der Waals surface area contributed by atoms with Crippen molar-refractivity contribution in [1.29, 1.82) is 0 Å². The lowest BCUT2D eigenvalue weighted by molar-refractivity contribution is -0.139. The zero-order chi connectivity index (χ0) is 16.2. The molecular weight excluding hydrogens is 320 g/mol. The summed E-state index contributed by atoms with van der Waals surface area (Å²) in [6.45, 7) is -0.388. The molecule has 0 unspecified atom stereocenters. The number of carbonyl (C=O) groups is 1. The monoisotopic (exact) mass is 330 g/mol. The molecule has 1 aromatic heterocycles. The Labute approximate surface area is 136 Å². The summed E-state index contributed by atoms with van der Waals surface area (Å²) in [4.78, 5) is 14.8. The first-order chi connectivity index (χ1) is 11.1. The molecule has 0 aliphatic carbocycles. The summed E-state index contributed by atoms with van der Waals surface area (Å²) in [7, 11) is 0. The van der Waals surface area contributed by atoms with Crippen LogP contribution in [0.4, 0.5) is 0 Å². The first-order valence-corrected chi connectivity index (χ1v) is 7.04. The summed E-state index contributed by atoms with van der Waals surface area (Å²) in [6.07, 6.45) is 0. The van der Waals surface area contributed by atoms with Gasteiger partial charge in [-0.25, -0.2) is 4.79 Å². The maximum Gasteiger partial charge on any atom is 0.341 e. The molecule has 1 heterocycles. The normalized spacial score (nSPS) is 10.5. The molecule has 0 bridgehead atoms. The van der Waals surface area contributed by atoms with E-state index < -0.39 is 5.97 Å². The van der Waals surface area contributed by atoms with Crippen molar-refractivity contribution in [3.63, 3.8) is 0 Å². The van der Waals surface area contributed by atoms with Crippen LogP contribution in [0.1, 0.15) is 0 Å². The number of carboxylic acids is 1. The number of rotatable bonds is 5. The maximum absolute atomic E-state index is 10.5. The predicted molar refractivity (Wildman–Crippen MR) is 83.3 cm³/mol. The Bertz CT molecular complexity index is 813. The zero-order valence-corrected chi connectivity index (χ0v) is 12.5. The van der Waals surface area contributed by atoms with E-state index in [0.717, 1.165) is 5.56 Å². The largest absolute Gasteiger partial charge is 0.482 e. The molecule has 0 aliphatic rings. The van der Waals surface area contributed by atoms with Crippen LogP contribution < -0.4 is 4.74 Å². The fourth-order valence-corrected chi connectivity index (χ4v) is 2.02. The van der Waals surface area contributed by atoms with Crippen LogP contribution in [0.2, 0.25) is 5.02 Å². The van der Waals surface area contributed by atoms with Gasteiger partial charge in [-0.2, -0.15) is 4.98 Å². The molecule has 1 N–H and O–H groups in total. The molecule has 2 aromatic carbocycles. The lowest BCUT2D eigenvalue weighted by Gasteiger charge is -2.02. The van der Waals surface area contributed by atoms with Crippen molar-refractivity contribution in [1.82, 2.24) is 10.1 Å². The number of aliphatic carboxylic acids is 1. The highest BCUT2D eigenvalue weighted by atomic mass is 35.5. The summed E-state index contributed by atoms with van der Waals surface area (Å²) >= 11 is 5.85. The minimum Gasteiger partial charge on any atom is -0.482 e. The van der Waals surface area contributed by atoms with Crippen molar-refractivity contribution in [2.24, 2.45) is 0 Å². The smallest absolute Gasteiger partial charge is 0.341 e. The van der Waals surface area contributed by atoms with E-state index in [1.807, 2.05) is 0 Å². The average molecular weight is 331 g/mol. The van der Waals surface area contributed by atoms with Gasteiger partial charge in [0.05, 0.1) is 0 Å². The Balaban J connectivity index is 1.77. The van der Waals surface area contributed by atoms with E-state index in [1.165, 1.54) is 0 Å². The van der Waals surface area contributed by atoms with Crippen LogP contribution in [-0.4, -0.2) is 27.8 Å². The van der Waals surface area contributed by atoms with Gasteiger partial charge in [0.25, 0.3) is 5.89 Å². The number of aromatic nitrogens is 2. The van der Waals surface area contributed by atoms with Crippen molar-refractivity contribution in [3.05, 3.63) is 53.6 Å². The number of hydrogen-bond donors (Lipinski definition) is 1. The molecule has 0 amide bonds. The molecule has 116 valence electrons. The lowest BCUT2D eigenvalue weighted by atomic mass is 10.2. The van der Waals surface area contributed by atoms with E-state index in [-0.39, 0.29) is 6.61 Å². The third kappa shape index (κ3) is 3.67. The minimum absolute atomic E-state index is 0.361. The zero-order valence-electron chi connectivity index (χ0n) is 11.8. The fraction of sp³-hybridized carbons (Fsp3) is 0.0625. The molecule has 3 rings (SSSR count). The van der Waals surface area contributed by atoms with Crippen molar-refractivity contribution < 1.29 is 19.2 Å². The van der Waals surface area contributed by atoms with Crippen LogP contribution >= 0.6 is 11.6 Å². The number of carboxylic acid groups (broad SMARTS) is 1. The molecule has 0 fully saturated rings. The Hall–Kier alpha value is -2.86. The number of nitrogens with zero attached hydrogens (tertiary/aromatic N) is 2. The van der Waals surface area contributed by atoms with Crippen molar-refractivity contribution in [2.75, 3.05) is 6.61 Å². The highest BCUT2D eigenvalue weighted by Gasteiger charge is 2.11. The SMILES string of the molecule is O=C(O)COc1ccc(-c2nc(-c3ccc(Cl)cc3)no2)cc1. The molecule has 0 aliphatic heterocycles. The van der Waals surface area contributed by atoms with Crippen LogP contribution in [0.3, 0.4) is 0 Å². The average Bonchev–Trinajstić information content (AvgIpc) is 3.04. The van der Waals surface area contributed by atoms with E-state index in [1.54, 1.807) is 48.5 Å². The number of hydrogen-bond acceptors (Lipinski definition) is 5. The summed E-state index contributed by atoms with van der Waals surface area (Å²) in [6, 6.07) is 13.8.